The summed E-state index contributed by atoms with van der Waals surface area (Å²) in [5, 5.41) is 12.0. The minimum atomic E-state index is 0.380. The number of aldehydes is 1. The van der Waals surface area contributed by atoms with E-state index >= 15 is 0 Å². The summed E-state index contributed by atoms with van der Waals surface area (Å²) in [6.07, 6.45) is 6.12. The van der Waals surface area contributed by atoms with Crippen LogP contribution in [0.4, 0.5) is 5.82 Å². The second-order valence-electron chi connectivity index (χ2n) is 6.17. The SMILES string of the molecule is N#Cc1ccc(NCCCOc2ccc3c(c2)CC[C@H]3CC=O)nc1. The van der Waals surface area contributed by atoms with Crippen LogP contribution in [0, 0.1) is 11.3 Å². The van der Waals surface area contributed by atoms with Gasteiger partial charge in [-0.3, -0.25) is 0 Å². The van der Waals surface area contributed by atoms with E-state index in [0.29, 0.717) is 24.5 Å². The molecule has 3 rings (SSSR count). The van der Waals surface area contributed by atoms with Crippen molar-refractivity contribution in [3.05, 3.63) is 53.2 Å². The third kappa shape index (κ3) is 4.36. The van der Waals surface area contributed by atoms with Crippen molar-refractivity contribution >= 4 is 12.1 Å². The second-order valence-corrected chi connectivity index (χ2v) is 6.17. The van der Waals surface area contributed by atoms with Crippen molar-refractivity contribution in [1.82, 2.24) is 4.98 Å². The van der Waals surface area contributed by atoms with E-state index in [4.69, 9.17) is 10.00 Å². The van der Waals surface area contributed by atoms with Crippen LogP contribution in [-0.4, -0.2) is 24.4 Å². The molecule has 0 unspecified atom stereocenters. The largest absolute Gasteiger partial charge is 0.494 e. The van der Waals surface area contributed by atoms with Gasteiger partial charge >= 0.3 is 0 Å². The minimum absolute atomic E-state index is 0.380. The highest BCUT2D eigenvalue weighted by atomic mass is 16.5. The van der Waals surface area contributed by atoms with E-state index in [-0.39, 0.29) is 0 Å². The molecule has 1 N–H and O–H groups in total. The molecule has 0 bridgehead atoms. The Hall–Kier alpha value is -2.87. The topological polar surface area (TPSA) is 75.0 Å². The van der Waals surface area contributed by atoms with E-state index < -0.39 is 0 Å². The van der Waals surface area contributed by atoms with E-state index in [9.17, 15) is 4.79 Å². The Labute approximate surface area is 147 Å². The lowest BCUT2D eigenvalue weighted by molar-refractivity contribution is -0.108. The van der Waals surface area contributed by atoms with Gasteiger partial charge in [0.1, 0.15) is 23.9 Å². The fraction of sp³-hybridized carbons (Fsp3) is 0.350. The highest BCUT2D eigenvalue weighted by Crippen LogP contribution is 2.36. The molecule has 0 fully saturated rings. The molecule has 5 nitrogen and oxygen atoms in total. The normalized spacial score (nSPS) is 15.2. The lowest BCUT2D eigenvalue weighted by Gasteiger charge is -2.11. The van der Waals surface area contributed by atoms with Crippen LogP contribution in [0.25, 0.3) is 0 Å². The molecular weight excluding hydrogens is 314 g/mol. The van der Waals surface area contributed by atoms with Crippen molar-refractivity contribution in [1.29, 1.82) is 5.26 Å². The smallest absolute Gasteiger partial charge is 0.125 e. The Morgan fingerprint density at radius 3 is 3.04 bits per heavy atom. The van der Waals surface area contributed by atoms with E-state index in [2.05, 4.69) is 22.4 Å². The van der Waals surface area contributed by atoms with Gasteiger partial charge in [-0.05, 0) is 60.6 Å². The molecular formula is C20H21N3O2. The molecule has 1 heterocycles. The maximum Gasteiger partial charge on any atom is 0.125 e. The molecule has 128 valence electrons. The maximum absolute atomic E-state index is 10.7. The van der Waals surface area contributed by atoms with Gasteiger partial charge < -0.3 is 14.8 Å². The monoisotopic (exact) mass is 335 g/mol. The number of hydrogen-bond donors (Lipinski definition) is 1. The van der Waals surface area contributed by atoms with Crippen molar-refractivity contribution in [3.8, 4) is 11.8 Å². The fourth-order valence-electron chi connectivity index (χ4n) is 3.18. The molecule has 25 heavy (non-hydrogen) atoms. The number of aryl methyl sites for hydroxylation is 1. The number of aromatic nitrogens is 1. The highest BCUT2D eigenvalue weighted by Gasteiger charge is 2.22. The first kappa shape index (κ1) is 17.0. The summed E-state index contributed by atoms with van der Waals surface area (Å²) >= 11 is 0. The molecule has 1 aliphatic carbocycles. The van der Waals surface area contributed by atoms with Crippen molar-refractivity contribution in [3.63, 3.8) is 0 Å². The summed E-state index contributed by atoms with van der Waals surface area (Å²) in [6, 6.07) is 11.8. The standard InChI is InChI=1S/C20H21N3O2/c21-13-15-2-7-20(23-14-15)22-9-1-11-25-18-5-6-19-16(8-10-24)3-4-17(19)12-18/h2,5-7,10,12,14,16H,1,3-4,8-9,11H2,(H,22,23)/t16-/m0/s1. The van der Waals surface area contributed by atoms with Crippen LogP contribution >= 0.6 is 0 Å². The Morgan fingerprint density at radius 1 is 1.36 bits per heavy atom. The lowest BCUT2D eigenvalue weighted by Crippen LogP contribution is -2.08. The molecule has 0 saturated heterocycles. The first-order chi connectivity index (χ1) is 12.3. The zero-order valence-electron chi connectivity index (χ0n) is 14.1. The summed E-state index contributed by atoms with van der Waals surface area (Å²) in [6.45, 7) is 1.38. The Bertz CT molecular complexity index is 766. The van der Waals surface area contributed by atoms with Crippen LogP contribution in [0.1, 0.15) is 41.9 Å². The minimum Gasteiger partial charge on any atom is -0.494 e. The number of nitrogens with zero attached hydrogens (tertiary/aromatic N) is 2. The number of rotatable bonds is 8. The fourth-order valence-corrected chi connectivity index (χ4v) is 3.18. The van der Waals surface area contributed by atoms with Gasteiger partial charge in [0.25, 0.3) is 0 Å². The van der Waals surface area contributed by atoms with Crippen LogP contribution in [0.15, 0.2) is 36.5 Å². The van der Waals surface area contributed by atoms with E-state index in [0.717, 1.165) is 43.7 Å². The van der Waals surface area contributed by atoms with E-state index in [1.165, 1.54) is 11.1 Å². The molecule has 0 saturated carbocycles. The van der Waals surface area contributed by atoms with Gasteiger partial charge in [0.2, 0.25) is 0 Å². The summed E-state index contributed by atoms with van der Waals surface area (Å²) in [5.41, 5.74) is 3.16. The summed E-state index contributed by atoms with van der Waals surface area (Å²) < 4.78 is 5.83. The zero-order valence-corrected chi connectivity index (χ0v) is 14.1. The number of benzene rings is 1. The predicted octanol–water partition coefficient (Wildman–Crippen LogP) is 3.45. The summed E-state index contributed by atoms with van der Waals surface area (Å²) in [7, 11) is 0. The molecule has 2 aromatic rings. The van der Waals surface area contributed by atoms with Crippen LogP contribution in [0.5, 0.6) is 5.75 Å². The van der Waals surface area contributed by atoms with Crippen molar-refractivity contribution in [2.75, 3.05) is 18.5 Å². The molecule has 0 radical (unpaired) electrons. The number of anilines is 1. The summed E-state index contributed by atoms with van der Waals surface area (Å²) in [4.78, 5) is 14.9. The molecule has 1 atom stereocenters. The molecule has 1 aliphatic rings. The molecule has 5 heteroatoms. The lowest BCUT2D eigenvalue weighted by atomic mass is 9.99. The number of pyridine rings is 1. The van der Waals surface area contributed by atoms with Crippen molar-refractivity contribution in [2.24, 2.45) is 0 Å². The van der Waals surface area contributed by atoms with Gasteiger partial charge in [0.05, 0.1) is 12.2 Å². The van der Waals surface area contributed by atoms with Gasteiger partial charge in [-0.2, -0.15) is 5.26 Å². The average Bonchev–Trinajstić information content (AvgIpc) is 3.04. The number of nitriles is 1. The van der Waals surface area contributed by atoms with Gasteiger partial charge in [0.15, 0.2) is 0 Å². The molecule has 0 spiro atoms. The van der Waals surface area contributed by atoms with E-state index in [1.54, 1.807) is 18.3 Å². The number of nitrogens with one attached hydrogen (secondary N) is 1. The van der Waals surface area contributed by atoms with Crippen LogP contribution in [0.2, 0.25) is 0 Å². The van der Waals surface area contributed by atoms with Gasteiger partial charge in [-0.25, -0.2) is 4.98 Å². The first-order valence-corrected chi connectivity index (χ1v) is 8.59. The third-order valence-electron chi connectivity index (χ3n) is 4.49. The molecule has 1 aromatic heterocycles. The number of carbonyl (C=O) groups is 1. The highest BCUT2D eigenvalue weighted by molar-refractivity contribution is 5.53. The quantitative estimate of drug-likeness (QED) is 0.591. The van der Waals surface area contributed by atoms with E-state index in [1.807, 2.05) is 12.1 Å². The second kappa shape index (κ2) is 8.29. The van der Waals surface area contributed by atoms with Gasteiger partial charge in [-0.1, -0.05) is 6.07 Å². The third-order valence-corrected chi connectivity index (χ3v) is 4.49. The van der Waals surface area contributed by atoms with Crippen LogP contribution < -0.4 is 10.1 Å². The predicted molar refractivity (Wildman–Crippen MR) is 95.7 cm³/mol. The number of fused-ring (bicyclic) bond motifs is 1. The number of hydrogen-bond acceptors (Lipinski definition) is 5. The first-order valence-electron chi connectivity index (χ1n) is 8.59. The Balaban J connectivity index is 1.42. The van der Waals surface area contributed by atoms with Crippen molar-refractivity contribution in [2.45, 2.75) is 31.6 Å². The number of ether oxygens (including phenoxy) is 1. The average molecular weight is 335 g/mol. The molecule has 0 amide bonds. The Kier molecular flexibility index (Phi) is 5.63. The van der Waals surface area contributed by atoms with Crippen LogP contribution in [0.3, 0.4) is 0 Å². The Morgan fingerprint density at radius 2 is 2.28 bits per heavy atom. The maximum atomic E-state index is 10.7. The number of carbonyl (C=O) groups excluding carboxylic acids is 1. The molecule has 0 aliphatic heterocycles. The molecule has 1 aromatic carbocycles. The zero-order chi connectivity index (χ0) is 17.5. The van der Waals surface area contributed by atoms with Gasteiger partial charge in [-0.15, -0.1) is 0 Å². The van der Waals surface area contributed by atoms with Crippen molar-refractivity contribution < 1.29 is 9.53 Å². The van der Waals surface area contributed by atoms with Gasteiger partial charge in [0, 0.05) is 19.2 Å². The van der Waals surface area contributed by atoms with Crippen LogP contribution in [-0.2, 0) is 11.2 Å². The summed E-state index contributed by atoms with van der Waals surface area (Å²) in [5.74, 6) is 2.03.